The van der Waals surface area contributed by atoms with E-state index < -0.39 is 5.76 Å². The van der Waals surface area contributed by atoms with E-state index in [-0.39, 0.29) is 11.3 Å². The predicted octanol–water partition coefficient (Wildman–Crippen LogP) is 2.81. The monoisotopic (exact) mass is 350 g/mol. The zero-order chi connectivity index (χ0) is 16.0. The number of nitrogens with one attached hydrogen (secondary N) is 2. The van der Waals surface area contributed by atoms with Crippen LogP contribution in [0.3, 0.4) is 0 Å². The van der Waals surface area contributed by atoms with Gasteiger partial charge in [0.1, 0.15) is 4.88 Å². The number of rotatable bonds is 7. The summed E-state index contributed by atoms with van der Waals surface area (Å²) in [4.78, 5) is 13.0. The predicted molar refractivity (Wildman–Crippen MR) is 84.9 cm³/mol. The van der Waals surface area contributed by atoms with Gasteiger partial charge in [-0.25, -0.2) is 0 Å². The highest BCUT2D eigenvalue weighted by Gasteiger charge is 2.33. The van der Waals surface area contributed by atoms with Crippen LogP contribution in [0.4, 0.5) is 8.78 Å². The Hall–Kier alpha value is -0.700. The summed E-state index contributed by atoms with van der Waals surface area (Å²) in [6, 6.07) is 1.56. The molecule has 0 bridgehead atoms. The quantitative estimate of drug-likeness (QED) is 0.743. The minimum atomic E-state index is -2.52. The molecule has 124 valence electrons. The number of ether oxygens (including phenoxy) is 1. The SMILES string of the molecule is COCC1(CNC(=O)c2sccc2SC(F)F)CCNCC1. The highest BCUT2D eigenvalue weighted by molar-refractivity contribution is 7.99. The van der Waals surface area contributed by atoms with Gasteiger partial charge in [0.15, 0.2) is 0 Å². The van der Waals surface area contributed by atoms with Gasteiger partial charge < -0.3 is 15.4 Å². The summed E-state index contributed by atoms with van der Waals surface area (Å²) < 4.78 is 30.3. The van der Waals surface area contributed by atoms with Crippen molar-refractivity contribution in [2.24, 2.45) is 5.41 Å². The number of carbonyl (C=O) groups is 1. The van der Waals surface area contributed by atoms with Crippen LogP contribution in [0, 0.1) is 5.41 Å². The number of halogens is 2. The highest BCUT2D eigenvalue weighted by atomic mass is 32.2. The Morgan fingerprint density at radius 1 is 1.55 bits per heavy atom. The van der Waals surface area contributed by atoms with Gasteiger partial charge in [-0.05, 0) is 37.4 Å². The van der Waals surface area contributed by atoms with Crippen molar-refractivity contribution in [1.82, 2.24) is 10.6 Å². The molecule has 1 aromatic rings. The fourth-order valence-electron chi connectivity index (χ4n) is 2.64. The average Bonchev–Trinajstić information content (AvgIpc) is 2.93. The number of hydrogen-bond acceptors (Lipinski definition) is 5. The minimum absolute atomic E-state index is 0.0804. The van der Waals surface area contributed by atoms with Crippen molar-refractivity contribution in [1.29, 1.82) is 0 Å². The molecule has 8 heteroatoms. The van der Waals surface area contributed by atoms with Crippen LogP contribution in [-0.2, 0) is 4.74 Å². The molecule has 4 nitrogen and oxygen atoms in total. The van der Waals surface area contributed by atoms with E-state index in [1.807, 2.05) is 0 Å². The van der Waals surface area contributed by atoms with Crippen molar-refractivity contribution in [2.75, 3.05) is 33.4 Å². The fourth-order valence-corrected chi connectivity index (χ4v) is 4.25. The number of piperidine rings is 1. The van der Waals surface area contributed by atoms with E-state index in [4.69, 9.17) is 4.74 Å². The second kappa shape index (κ2) is 8.24. The van der Waals surface area contributed by atoms with Crippen molar-refractivity contribution in [3.8, 4) is 0 Å². The third-order valence-corrected chi connectivity index (χ3v) is 5.60. The molecule has 1 aliphatic heterocycles. The lowest BCUT2D eigenvalue weighted by molar-refractivity contribution is 0.0512. The van der Waals surface area contributed by atoms with Gasteiger partial charge in [0.05, 0.1) is 6.61 Å². The molecular weight excluding hydrogens is 330 g/mol. The number of carbonyl (C=O) groups excluding carboxylic acids is 1. The summed E-state index contributed by atoms with van der Waals surface area (Å²) in [5.41, 5.74) is -0.0804. The van der Waals surface area contributed by atoms with Crippen LogP contribution in [0.2, 0.25) is 0 Å². The van der Waals surface area contributed by atoms with E-state index in [9.17, 15) is 13.6 Å². The first-order valence-electron chi connectivity index (χ1n) is 7.06. The van der Waals surface area contributed by atoms with Crippen molar-refractivity contribution in [3.05, 3.63) is 16.3 Å². The van der Waals surface area contributed by atoms with E-state index in [0.29, 0.717) is 34.7 Å². The summed E-state index contributed by atoms with van der Waals surface area (Å²) in [5, 5.41) is 7.85. The summed E-state index contributed by atoms with van der Waals surface area (Å²) in [5.74, 6) is -2.81. The number of methoxy groups -OCH3 is 1. The summed E-state index contributed by atoms with van der Waals surface area (Å²) in [7, 11) is 1.66. The Morgan fingerprint density at radius 3 is 2.91 bits per heavy atom. The summed E-state index contributed by atoms with van der Waals surface area (Å²) in [6.45, 7) is 2.87. The number of thiophene rings is 1. The van der Waals surface area contributed by atoms with Gasteiger partial charge in [-0.15, -0.1) is 11.3 Å². The third kappa shape index (κ3) is 4.65. The molecule has 2 rings (SSSR count). The van der Waals surface area contributed by atoms with Crippen LogP contribution in [0.25, 0.3) is 0 Å². The van der Waals surface area contributed by atoms with Gasteiger partial charge >= 0.3 is 0 Å². The highest BCUT2D eigenvalue weighted by Crippen LogP contribution is 2.32. The zero-order valence-electron chi connectivity index (χ0n) is 12.4. The van der Waals surface area contributed by atoms with Crippen LogP contribution >= 0.6 is 23.1 Å². The maximum Gasteiger partial charge on any atom is 0.288 e. The maximum atomic E-state index is 12.5. The largest absolute Gasteiger partial charge is 0.384 e. The second-order valence-electron chi connectivity index (χ2n) is 5.36. The first-order chi connectivity index (χ1) is 10.6. The Bertz CT molecular complexity index is 485. The summed E-state index contributed by atoms with van der Waals surface area (Å²) in [6.07, 6.45) is 1.84. The van der Waals surface area contributed by atoms with Crippen molar-refractivity contribution in [3.63, 3.8) is 0 Å². The Labute approximate surface area is 137 Å². The van der Waals surface area contributed by atoms with Gasteiger partial charge in [0, 0.05) is 24.0 Å². The normalized spacial score (nSPS) is 17.6. The van der Waals surface area contributed by atoms with Gasteiger partial charge in [-0.2, -0.15) is 8.78 Å². The van der Waals surface area contributed by atoms with E-state index in [0.717, 1.165) is 25.9 Å². The average molecular weight is 350 g/mol. The summed E-state index contributed by atoms with van der Waals surface area (Å²) >= 11 is 1.60. The van der Waals surface area contributed by atoms with Crippen LogP contribution in [0.1, 0.15) is 22.5 Å². The molecule has 0 saturated carbocycles. The van der Waals surface area contributed by atoms with Gasteiger partial charge in [-0.1, -0.05) is 11.8 Å². The minimum Gasteiger partial charge on any atom is -0.384 e. The molecule has 1 saturated heterocycles. The smallest absolute Gasteiger partial charge is 0.288 e. The lowest BCUT2D eigenvalue weighted by Crippen LogP contribution is -2.47. The van der Waals surface area contributed by atoms with Crippen molar-refractivity contribution < 1.29 is 18.3 Å². The molecule has 1 amide bonds. The molecule has 1 fully saturated rings. The number of hydrogen-bond donors (Lipinski definition) is 2. The molecule has 0 radical (unpaired) electrons. The lowest BCUT2D eigenvalue weighted by atomic mass is 9.79. The van der Waals surface area contributed by atoms with Crippen molar-refractivity contribution >= 4 is 29.0 Å². The maximum absolute atomic E-state index is 12.5. The van der Waals surface area contributed by atoms with Crippen LogP contribution in [-0.4, -0.2) is 45.0 Å². The molecule has 0 aromatic carbocycles. The molecule has 0 aliphatic carbocycles. The number of thioether (sulfide) groups is 1. The Balaban J connectivity index is 1.97. The molecule has 1 aromatic heterocycles. The molecule has 0 unspecified atom stereocenters. The first-order valence-corrected chi connectivity index (χ1v) is 8.82. The fraction of sp³-hybridized carbons (Fsp3) is 0.643. The van der Waals surface area contributed by atoms with Gasteiger partial charge in [0.2, 0.25) is 0 Å². The van der Waals surface area contributed by atoms with E-state index >= 15 is 0 Å². The molecule has 0 atom stereocenters. The topological polar surface area (TPSA) is 50.4 Å². The Kier molecular flexibility index (Phi) is 6.61. The van der Waals surface area contributed by atoms with E-state index in [1.165, 1.54) is 11.3 Å². The third-order valence-electron chi connectivity index (χ3n) is 3.79. The lowest BCUT2D eigenvalue weighted by Gasteiger charge is -2.37. The molecular formula is C14H20F2N2O2S2. The van der Waals surface area contributed by atoms with Crippen molar-refractivity contribution in [2.45, 2.75) is 23.5 Å². The Morgan fingerprint density at radius 2 is 2.27 bits per heavy atom. The standard InChI is InChI=1S/C14H20F2N2O2S2/c1-20-9-14(3-5-17-6-4-14)8-18-12(19)11-10(2-7-21-11)22-13(15)16/h2,7,13,17H,3-6,8-9H2,1H3,(H,18,19). The number of amides is 1. The van der Waals surface area contributed by atoms with Gasteiger partial charge in [-0.3, -0.25) is 4.79 Å². The van der Waals surface area contributed by atoms with E-state index in [2.05, 4.69) is 10.6 Å². The van der Waals surface area contributed by atoms with E-state index in [1.54, 1.807) is 18.6 Å². The van der Waals surface area contributed by atoms with Gasteiger partial charge in [0.25, 0.3) is 11.7 Å². The molecule has 22 heavy (non-hydrogen) atoms. The molecule has 2 N–H and O–H groups in total. The van der Waals surface area contributed by atoms with Crippen LogP contribution in [0.15, 0.2) is 16.3 Å². The number of alkyl halides is 2. The molecule has 2 heterocycles. The zero-order valence-corrected chi connectivity index (χ0v) is 14.0. The molecule has 0 spiro atoms. The molecule has 1 aliphatic rings. The van der Waals surface area contributed by atoms with Crippen LogP contribution in [0.5, 0.6) is 0 Å². The van der Waals surface area contributed by atoms with Crippen LogP contribution < -0.4 is 10.6 Å². The second-order valence-corrected chi connectivity index (χ2v) is 7.31. The first kappa shape index (κ1) is 17.7.